The lowest BCUT2D eigenvalue weighted by atomic mass is 9.69. The van der Waals surface area contributed by atoms with Crippen molar-refractivity contribution in [1.29, 1.82) is 0 Å². The van der Waals surface area contributed by atoms with E-state index in [-0.39, 0.29) is 25.3 Å². The quantitative estimate of drug-likeness (QED) is 0.118. The number of aliphatic hydroxyl groups is 2. The van der Waals surface area contributed by atoms with Gasteiger partial charge in [-0.25, -0.2) is 17.9 Å². The number of aliphatic hydroxyl groups excluding tert-OH is 2. The van der Waals surface area contributed by atoms with E-state index in [0.29, 0.717) is 12.8 Å². The van der Waals surface area contributed by atoms with Crippen LogP contribution in [0.5, 0.6) is 0 Å². The molecule has 0 heterocycles. The predicted molar refractivity (Wildman–Crippen MR) is 185 cm³/mol. The maximum atomic E-state index is 14.6. The lowest BCUT2D eigenvalue weighted by Gasteiger charge is -2.44. The second kappa shape index (κ2) is 17.3. The summed E-state index contributed by atoms with van der Waals surface area (Å²) in [5.74, 6) is -2.89. The third kappa shape index (κ3) is 13.4. The molecule has 0 aliphatic heterocycles. The van der Waals surface area contributed by atoms with E-state index in [0.717, 1.165) is 24.8 Å². The van der Waals surface area contributed by atoms with Crippen LogP contribution in [0.1, 0.15) is 99.0 Å². The topological polar surface area (TPSA) is 223 Å². The number of benzene rings is 1. The van der Waals surface area contributed by atoms with E-state index in [1.54, 1.807) is 58.9 Å². The summed E-state index contributed by atoms with van der Waals surface area (Å²) in [5, 5.41) is 27.1. The van der Waals surface area contributed by atoms with Gasteiger partial charge >= 0.3 is 6.09 Å². The van der Waals surface area contributed by atoms with Crippen molar-refractivity contribution in [2.75, 3.05) is 6.54 Å². The van der Waals surface area contributed by atoms with Gasteiger partial charge < -0.3 is 37.1 Å². The van der Waals surface area contributed by atoms with Crippen LogP contribution >= 0.6 is 0 Å². The Bertz CT molecular complexity index is 1310. The van der Waals surface area contributed by atoms with Gasteiger partial charge in [0.1, 0.15) is 5.60 Å². The Hall–Kier alpha value is -2.62. The number of hydrogen-bond acceptors (Lipinski definition) is 10. The molecule has 14 heteroatoms. The molecule has 0 spiro atoms. The zero-order valence-corrected chi connectivity index (χ0v) is 30.4. The molecule has 48 heavy (non-hydrogen) atoms. The average Bonchev–Trinajstić information content (AvgIpc) is 2.95. The molecule has 1 fully saturated rings. The summed E-state index contributed by atoms with van der Waals surface area (Å²) in [4.78, 5) is 40.5. The van der Waals surface area contributed by atoms with Gasteiger partial charge in [-0.05, 0) is 79.2 Å². The Morgan fingerprint density at radius 1 is 0.979 bits per heavy atom. The van der Waals surface area contributed by atoms with Crippen molar-refractivity contribution < 1.29 is 37.8 Å². The van der Waals surface area contributed by atoms with Gasteiger partial charge in [-0.15, -0.1) is 0 Å². The third-order valence-corrected chi connectivity index (χ3v) is 10.4. The summed E-state index contributed by atoms with van der Waals surface area (Å²) < 4.78 is 32.2. The van der Waals surface area contributed by atoms with Crippen LogP contribution in [0, 0.1) is 11.8 Å². The van der Waals surface area contributed by atoms with Crippen molar-refractivity contribution in [3.05, 3.63) is 35.9 Å². The molecule has 1 saturated carbocycles. The second-order valence-electron chi connectivity index (χ2n) is 15.1. The molecular formula is C34H59N5O8S. The van der Waals surface area contributed by atoms with Crippen LogP contribution in [0.2, 0.25) is 0 Å². The van der Waals surface area contributed by atoms with Crippen molar-refractivity contribution in [1.82, 2.24) is 15.4 Å². The molecule has 0 aromatic heterocycles. The molecule has 0 radical (unpaired) electrons. The van der Waals surface area contributed by atoms with Crippen LogP contribution in [-0.2, 0) is 30.8 Å². The number of ketones is 1. The van der Waals surface area contributed by atoms with Gasteiger partial charge in [0, 0.05) is 24.9 Å². The number of ether oxygens (including phenoxy) is 1. The molecule has 9 N–H and O–H groups in total. The van der Waals surface area contributed by atoms with Crippen LogP contribution < -0.4 is 26.8 Å². The van der Waals surface area contributed by atoms with E-state index in [9.17, 15) is 33.0 Å². The summed E-state index contributed by atoms with van der Waals surface area (Å²) >= 11 is 0. The number of nitrogens with one attached hydrogen (secondary N) is 3. The van der Waals surface area contributed by atoms with Gasteiger partial charge in [0.2, 0.25) is 15.9 Å². The number of sulfonamides is 1. The fourth-order valence-corrected chi connectivity index (χ4v) is 6.82. The lowest BCUT2D eigenvalue weighted by molar-refractivity contribution is -0.137. The first-order valence-electron chi connectivity index (χ1n) is 16.8. The largest absolute Gasteiger partial charge is 0.444 e. The number of carbonyl (C=O) groups excluding carboxylic acids is 3. The number of hydrogen-bond donors (Lipinski definition) is 7. The Kier molecular flexibility index (Phi) is 15.0. The van der Waals surface area contributed by atoms with E-state index < -0.39 is 80.4 Å². The van der Waals surface area contributed by atoms with Crippen LogP contribution in [0.15, 0.2) is 30.3 Å². The maximum Gasteiger partial charge on any atom is 0.408 e. The number of amides is 2. The van der Waals surface area contributed by atoms with E-state index in [4.69, 9.17) is 16.2 Å². The molecule has 0 bridgehead atoms. The number of Topliss-reactive ketones (excluding diaryl/α,β-unsaturated/α-hetero) is 1. The molecule has 274 valence electrons. The van der Waals surface area contributed by atoms with E-state index >= 15 is 0 Å². The molecule has 1 aliphatic rings. The summed E-state index contributed by atoms with van der Waals surface area (Å²) in [6.45, 7) is 11.1. The SMILES string of the molecule is CC(C)S(=O)(=O)NCC(O)CC(O)C(C(=O)[C@H](Cc1ccccc1)NC(=O)CC(C)(C)NC(=O)OC(C)(C)C)C(N)(N)C1CCCCC1. The Labute approximate surface area is 286 Å². The highest BCUT2D eigenvalue weighted by Crippen LogP contribution is 2.36. The molecule has 3 unspecified atom stereocenters. The molecule has 2 rings (SSSR count). The molecule has 2 amide bonds. The molecule has 1 aromatic rings. The number of alkyl carbamates (subject to hydrolysis) is 1. The fraction of sp³-hybridized carbons (Fsp3) is 0.735. The molecular weight excluding hydrogens is 638 g/mol. The van der Waals surface area contributed by atoms with Crippen molar-refractivity contribution in [2.45, 2.75) is 140 Å². The van der Waals surface area contributed by atoms with Gasteiger partial charge in [0.05, 0.1) is 35.1 Å². The zero-order valence-electron chi connectivity index (χ0n) is 29.6. The first-order chi connectivity index (χ1) is 22.0. The van der Waals surface area contributed by atoms with E-state index in [1.165, 1.54) is 13.8 Å². The standard InChI is InChI=1S/C34H59N5O8S/c1-22(2)48(45,46)37-21-25(40)19-27(41)29(34(35,36)24-16-12-9-13-17-24)30(43)26(18-23-14-10-8-11-15-23)38-28(42)20-33(6,7)39-31(44)47-32(3,4)5/h8,10-11,14-15,22,24-27,29,37,40-41H,9,12-13,16-21,35-36H2,1-7H3,(H,38,42)(H,39,44)/t25?,26-,27?,29?/m0/s1. The van der Waals surface area contributed by atoms with Crippen LogP contribution in [0.25, 0.3) is 0 Å². The molecule has 1 aromatic carbocycles. The Morgan fingerprint density at radius 2 is 1.56 bits per heavy atom. The van der Waals surface area contributed by atoms with Crippen LogP contribution in [-0.4, -0.2) is 83.3 Å². The van der Waals surface area contributed by atoms with Crippen LogP contribution in [0.3, 0.4) is 0 Å². The monoisotopic (exact) mass is 697 g/mol. The summed E-state index contributed by atoms with van der Waals surface area (Å²) in [6.07, 6.45) is -0.179. The lowest BCUT2D eigenvalue weighted by Crippen LogP contribution is -2.68. The highest BCUT2D eigenvalue weighted by molar-refractivity contribution is 7.90. The first kappa shape index (κ1) is 41.6. The summed E-state index contributed by atoms with van der Waals surface area (Å²) in [6, 6.07) is 7.84. The minimum Gasteiger partial charge on any atom is -0.444 e. The average molecular weight is 698 g/mol. The number of nitrogens with two attached hydrogens (primary N) is 2. The summed E-state index contributed by atoms with van der Waals surface area (Å²) in [7, 11) is -3.69. The van der Waals surface area contributed by atoms with Gasteiger partial charge in [-0.1, -0.05) is 49.6 Å². The van der Waals surface area contributed by atoms with Crippen molar-refractivity contribution in [3.63, 3.8) is 0 Å². The third-order valence-electron chi connectivity index (χ3n) is 8.60. The number of carbonyl (C=O) groups is 3. The minimum atomic E-state index is -3.69. The van der Waals surface area contributed by atoms with Gasteiger partial charge in [0.15, 0.2) is 5.78 Å². The molecule has 1 aliphatic carbocycles. The van der Waals surface area contributed by atoms with Gasteiger partial charge in [-0.3, -0.25) is 9.59 Å². The molecule has 0 saturated heterocycles. The van der Waals surface area contributed by atoms with Crippen molar-refractivity contribution >= 4 is 27.8 Å². The smallest absolute Gasteiger partial charge is 0.408 e. The fourth-order valence-electron chi connectivity index (χ4n) is 6.06. The van der Waals surface area contributed by atoms with Gasteiger partial charge in [0.25, 0.3) is 0 Å². The van der Waals surface area contributed by atoms with E-state index in [1.807, 2.05) is 6.07 Å². The zero-order chi connectivity index (χ0) is 36.5. The minimum absolute atomic E-state index is 0.0616. The highest BCUT2D eigenvalue weighted by Gasteiger charge is 2.49. The normalized spacial score (nSPS) is 17.7. The van der Waals surface area contributed by atoms with Crippen molar-refractivity contribution in [3.8, 4) is 0 Å². The van der Waals surface area contributed by atoms with Crippen molar-refractivity contribution in [2.24, 2.45) is 23.3 Å². The highest BCUT2D eigenvalue weighted by atomic mass is 32.2. The first-order valence-corrected chi connectivity index (χ1v) is 18.4. The molecule has 4 atom stereocenters. The summed E-state index contributed by atoms with van der Waals surface area (Å²) in [5.41, 5.74) is 10.8. The Morgan fingerprint density at radius 3 is 2.10 bits per heavy atom. The second-order valence-corrected chi connectivity index (χ2v) is 17.4. The number of rotatable bonds is 17. The predicted octanol–water partition coefficient (Wildman–Crippen LogP) is 2.23. The van der Waals surface area contributed by atoms with E-state index in [2.05, 4.69) is 15.4 Å². The van der Waals surface area contributed by atoms with Crippen LogP contribution in [0.4, 0.5) is 4.79 Å². The Balaban J connectivity index is 2.41. The maximum absolute atomic E-state index is 14.6. The van der Waals surface area contributed by atoms with Gasteiger partial charge in [-0.2, -0.15) is 0 Å². The molecule has 13 nitrogen and oxygen atoms in total.